The highest BCUT2D eigenvalue weighted by atomic mass is 19.5. The van der Waals surface area contributed by atoms with E-state index in [1.807, 2.05) is 6.20 Å². The Morgan fingerprint density at radius 1 is 0.683 bits per heavy atom. The zero-order valence-corrected chi connectivity index (χ0v) is 26.2. The molecule has 0 amide bonds. The van der Waals surface area contributed by atoms with E-state index in [-0.39, 0.29) is 0 Å². The molecule has 0 bridgehead atoms. The van der Waals surface area contributed by atoms with Crippen molar-refractivity contribution in [3.05, 3.63) is 76.5 Å². The van der Waals surface area contributed by atoms with Gasteiger partial charge in [-0.05, 0) is 64.5 Å². The van der Waals surface area contributed by atoms with Crippen molar-refractivity contribution >= 4 is 30.1 Å². The van der Waals surface area contributed by atoms with Gasteiger partial charge < -0.3 is 17.3 Å². The molecule has 1 aliphatic heterocycles. The van der Waals surface area contributed by atoms with Gasteiger partial charge >= 0.3 is 7.25 Å². The minimum Gasteiger partial charge on any atom is -0.418 e. The van der Waals surface area contributed by atoms with Crippen LogP contribution in [-0.4, -0.2) is 18.9 Å². The average Bonchev–Trinajstić information content (AvgIpc) is 3.25. The first-order chi connectivity index (χ1) is 19.0. The summed E-state index contributed by atoms with van der Waals surface area (Å²) in [5, 5.41) is 0. The molecule has 0 spiro atoms. The van der Waals surface area contributed by atoms with Crippen LogP contribution >= 0.6 is 0 Å². The third-order valence-corrected chi connectivity index (χ3v) is 7.73. The van der Waals surface area contributed by atoms with E-state index >= 15 is 0 Å². The van der Waals surface area contributed by atoms with Crippen LogP contribution in [0.15, 0.2) is 48.7 Å². The molecule has 3 nitrogen and oxygen atoms in total. The van der Waals surface area contributed by atoms with Gasteiger partial charge in [-0.3, -0.25) is 4.90 Å². The number of benzene rings is 2. The fraction of sp³-hybridized carbons (Fsp3) is 0.485. The van der Waals surface area contributed by atoms with Crippen LogP contribution in [-0.2, 0) is 0 Å². The second-order valence-electron chi connectivity index (χ2n) is 12.6. The average molecular weight is 572 g/mol. The summed E-state index contributed by atoms with van der Waals surface area (Å²) in [6.07, 6.45) is 1.95. The maximum Gasteiger partial charge on any atom is 0.673 e. The van der Waals surface area contributed by atoms with Crippen molar-refractivity contribution in [3.8, 4) is 0 Å². The quantitative estimate of drug-likeness (QED) is 0.225. The topological polar surface area (TPSA) is 20.6 Å². The Morgan fingerprint density at radius 2 is 1.15 bits per heavy atom. The van der Waals surface area contributed by atoms with Gasteiger partial charge in [-0.2, -0.15) is 0 Å². The summed E-state index contributed by atoms with van der Waals surface area (Å²) in [4.78, 5) is 8.93. The zero-order chi connectivity index (χ0) is 30.8. The second kappa shape index (κ2) is 13.0. The monoisotopic (exact) mass is 571 g/mol. The number of anilines is 2. The minimum atomic E-state index is -6.00. The molecule has 1 unspecified atom stereocenters. The Bertz CT molecular complexity index is 1270. The minimum absolute atomic E-state index is 0.442. The molecule has 8 heteroatoms. The molecule has 1 aliphatic rings. The molecule has 1 aromatic heterocycles. The fourth-order valence-electron chi connectivity index (χ4n) is 5.69. The molecule has 0 saturated carbocycles. The number of hydrogen-bond donors (Lipinski definition) is 1. The first-order valence-electron chi connectivity index (χ1n) is 14.8. The summed E-state index contributed by atoms with van der Waals surface area (Å²) >= 11 is 0. The van der Waals surface area contributed by atoms with Gasteiger partial charge in [-0.15, -0.1) is 0 Å². The van der Waals surface area contributed by atoms with Gasteiger partial charge in [0.2, 0.25) is 0 Å². The first kappa shape index (κ1) is 32.6. The number of para-hydroxylation sites is 1. The van der Waals surface area contributed by atoms with E-state index in [0.29, 0.717) is 29.6 Å². The zero-order valence-electron chi connectivity index (χ0n) is 26.2. The number of quaternary nitrogens is 1. The van der Waals surface area contributed by atoms with Gasteiger partial charge in [0.05, 0.1) is 5.69 Å². The predicted molar refractivity (Wildman–Crippen MR) is 165 cm³/mol. The molecular formula is C33H46BF4N3. The third kappa shape index (κ3) is 7.51. The number of hydrogen-bond acceptors (Lipinski definition) is 2. The first-order valence-corrected chi connectivity index (χ1v) is 14.8. The van der Waals surface area contributed by atoms with Gasteiger partial charge in [0.15, 0.2) is 18.2 Å². The highest BCUT2D eigenvalue weighted by Gasteiger charge is 2.39. The number of pyridine rings is 1. The number of aromatic nitrogens is 1. The molecule has 0 fully saturated rings. The molecule has 0 saturated heterocycles. The fourth-order valence-corrected chi connectivity index (χ4v) is 5.69. The molecular weight excluding hydrogens is 525 g/mol. The van der Waals surface area contributed by atoms with Crippen LogP contribution in [0.4, 0.5) is 40.1 Å². The van der Waals surface area contributed by atoms with E-state index in [2.05, 4.69) is 117 Å². The molecule has 4 rings (SSSR count). The van der Waals surface area contributed by atoms with Crippen LogP contribution in [0.5, 0.6) is 0 Å². The van der Waals surface area contributed by atoms with Crippen LogP contribution in [0.3, 0.4) is 0 Å². The van der Waals surface area contributed by atoms with Gasteiger partial charge in [0.25, 0.3) is 0 Å². The van der Waals surface area contributed by atoms with E-state index in [1.54, 1.807) is 0 Å². The highest BCUT2D eigenvalue weighted by Crippen LogP contribution is 2.43. The van der Waals surface area contributed by atoms with Crippen molar-refractivity contribution in [2.45, 2.75) is 98.8 Å². The van der Waals surface area contributed by atoms with Crippen LogP contribution < -0.4 is 9.80 Å². The molecule has 1 N–H and O–H groups in total. The molecule has 224 valence electrons. The van der Waals surface area contributed by atoms with Gasteiger partial charge in [0, 0.05) is 23.4 Å². The van der Waals surface area contributed by atoms with Crippen molar-refractivity contribution in [3.63, 3.8) is 0 Å². The van der Waals surface area contributed by atoms with E-state index < -0.39 is 7.25 Å². The Kier molecular flexibility index (Phi) is 10.3. The van der Waals surface area contributed by atoms with Crippen molar-refractivity contribution < 1.29 is 22.2 Å². The molecule has 3 aromatic rings. The van der Waals surface area contributed by atoms with E-state index in [9.17, 15) is 17.3 Å². The maximum absolute atomic E-state index is 9.75. The Hall–Kier alpha value is -2.87. The van der Waals surface area contributed by atoms with Crippen LogP contribution in [0, 0.1) is 0 Å². The Labute approximate surface area is 244 Å². The van der Waals surface area contributed by atoms with Crippen molar-refractivity contribution in [2.75, 3.05) is 11.6 Å². The third-order valence-electron chi connectivity index (χ3n) is 7.73. The van der Waals surface area contributed by atoms with E-state index in [0.717, 1.165) is 12.5 Å². The Balaban J connectivity index is 0.000000850. The molecule has 1 atom stereocenters. The number of halogens is 4. The summed E-state index contributed by atoms with van der Waals surface area (Å²) in [6.45, 7) is 24.1. The highest BCUT2D eigenvalue weighted by molar-refractivity contribution is 6.50. The summed E-state index contributed by atoms with van der Waals surface area (Å²) < 4.78 is 39.0. The lowest BCUT2D eigenvalue weighted by atomic mass is 9.87. The predicted octanol–water partition coefficient (Wildman–Crippen LogP) is 9.96. The molecule has 0 radical (unpaired) electrons. The summed E-state index contributed by atoms with van der Waals surface area (Å²) in [7, 11) is -6.00. The van der Waals surface area contributed by atoms with Crippen LogP contribution in [0.1, 0.15) is 127 Å². The summed E-state index contributed by atoms with van der Waals surface area (Å²) in [6, 6.07) is 16.2. The summed E-state index contributed by atoms with van der Waals surface area (Å²) in [5.41, 5.74) is 11.3. The van der Waals surface area contributed by atoms with Crippen molar-refractivity contribution in [1.29, 1.82) is 0 Å². The Morgan fingerprint density at radius 3 is 1.56 bits per heavy atom. The number of nitrogens with zero attached hydrogens (tertiary/aromatic N) is 2. The number of fused-ring (bicyclic) bond motifs is 1. The SMILES string of the molecule is CC(C)c1cc(C(C)C)c([NH+]2CN(c3c(C(C)C)cccc3C(C)C)c3ncccc32)c(C(C)C)c1.F[B-](F)(F)F. The molecule has 2 aromatic carbocycles. The number of rotatable bonds is 7. The standard InChI is InChI=1S/C33H45N3.BF4/c1-20(2)25-17-28(23(7)8)32(29(18-25)24(9)10)35-19-36(33-30(35)15-12-16-34-33)31-26(21(3)4)13-11-14-27(31)22(5)6;2-1(3,4)5/h11-18,20-24H,19H2,1-10H3;/q;-1/p+1. The normalized spacial score (nSPS) is 15.3. The van der Waals surface area contributed by atoms with E-state index in [4.69, 9.17) is 4.98 Å². The maximum atomic E-state index is 9.75. The van der Waals surface area contributed by atoms with Gasteiger partial charge in [0.1, 0.15) is 5.69 Å². The van der Waals surface area contributed by atoms with Crippen molar-refractivity contribution in [1.82, 2.24) is 4.98 Å². The van der Waals surface area contributed by atoms with Crippen LogP contribution in [0.2, 0.25) is 0 Å². The van der Waals surface area contributed by atoms with Gasteiger partial charge in [-0.25, -0.2) is 9.88 Å². The molecule has 2 heterocycles. The largest absolute Gasteiger partial charge is 0.673 e. The lowest BCUT2D eigenvalue weighted by Gasteiger charge is -2.28. The lowest BCUT2D eigenvalue weighted by Crippen LogP contribution is -3.02. The lowest BCUT2D eigenvalue weighted by molar-refractivity contribution is -0.752. The molecule has 41 heavy (non-hydrogen) atoms. The van der Waals surface area contributed by atoms with Gasteiger partial charge in [-0.1, -0.05) is 87.4 Å². The summed E-state index contributed by atoms with van der Waals surface area (Å²) in [5.74, 6) is 3.40. The molecule has 0 aliphatic carbocycles. The van der Waals surface area contributed by atoms with Crippen molar-refractivity contribution in [2.24, 2.45) is 0 Å². The van der Waals surface area contributed by atoms with Crippen LogP contribution in [0.25, 0.3) is 0 Å². The van der Waals surface area contributed by atoms with E-state index in [1.165, 1.54) is 49.8 Å². The smallest absolute Gasteiger partial charge is 0.418 e. The number of nitrogens with one attached hydrogen (secondary N) is 1. The second-order valence-corrected chi connectivity index (χ2v) is 12.6.